The molecule has 6 nitrogen and oxygen atoms in total. The fraction of sp³-hybridized carbons (Fsp3) is 0.150. The standard InChI is InChI=1S/C20H18N4O2S/c1-13-17-10-15(11-21-19(17)24(2)23-13)22-20(25)18-14(8-9-26-18)12-27-16-6-4-3-5-7-16/h3-11H,12H2,1-2H3,(H,22,25). The minimum Gasteiger partial charge on any atom is -0.459 e. The van der Waals surface area contributed by atoms with Crippen molar-refractivity contribution >= 4 is 34.4 Å². The number of furan rings is 1. The molecule has 1 aromatic carbocycles. The molecule has 0 fully saturated rings. The summed E-state index contributed by atoms with van der Waals surface area (Å²) in [5.74, 6) is 0.690. The minimum atomic E-state index is -0.286. The van der Waals surface area contributed by atoms with Crippen LogP contribution >= 0.6 is 11.8 Å². The van der Waals surface area contributed by atoms with Crippen LogP contribution in [-0.4, -0.2) is 20.7 Å². The first kappa shape index (κ1) is 17.4. The van der Waals surface area contributed by atoms with Crippen LogP contribution in [0.5, 0.6) is 0 Å². The molecule has 0 aliphatic rings. The molecule has 0 aliphatic carbocycles. The van der Waals surface area contributed by atoms with Crippen LogP contribution < -0.4 is 5.32 Å². The lowest BCUT2D eigenvalue weighted by Gasteiger charge is -2.06. The third-order valence-electron chi connectivity index (χ3n) is 4.21. The van der Waals surface area contributed by atoms with E-state index in [0.717, 1.165) is 27.2 Å². The van der Waals surface area contributed by atoms with Crippen LogP contribution in [0.1, 0.15) is 21.8 Å². The van der Waals surface area contributed by atoms with Gasteiger partial charge in [-0.1, -0.05) is 18.2 Å². The molecule has 7 heteroatoms. The number of thioether (sulfide) groups is 1. The molecule has 0 bridgehead atoms. The molecule has 3 aromatic heterocycles. The monoisotopic (exact) mass is 378 g/mol. The number of hydrogen-bond donors (Lipinski definition) is 1. The number of anilines is 1. The second kappa shape index (κ2) is 7.28. The highest BCUT2D eigenvalue weighted by Gasteiger charge is 2.17. The average molecular weight is 378 g/mol. The van der Waals surface area contributed by atoms with Crippen molar-refractivity contribution in [1.29, 1.82) is 0 Å². The summed E-state index contributed by atoms with van der Waals surface area (Å²) in [6.07, 6.45) is 3.17. The van der Waals surface area contributed by atoms with E-state index in [0.29, 0.717) is 17.2 Å². The number of rotatable bonds is 5. The Labute approximate surface area is 160 Å². The van der Waals surface area contributed by atoms with Crippen LogP contribution in [0.3, 0.4) is 0 Å². The van der Waals surface area contributed by atoms with Gasteiger partial charge in [0.2, 0.25) is 0 Å². The highest BCUT2D eigenvalue weighted by atomic mass is 32.2. The molecule has 1 amide bonds. The van der Waals surface area contributed by atoms with Gasteiger partial charge in [-0.25, -0.2) is 4.98 Å². The molecule has 27 heavy (non-hydrogen) atoms. The Hall–Kier alpha value is -3.06. The number of carbonyl (C=O) groups is 1. The molecule has 1 N–H and O–H groups in total. The first-order chi connectivity index (χ1) is 13.1. The fourth-order valence-electron chi connectivity index (χ4n) is 2.89. The van der Waals surface area contributed by atoms with E-state index < -0.39 is 0 Å². The largest absolute Gasteiger partial charge is 0.459 e. The zero-order valence-corrected chi connectivity index (χ0v) is 15.8. The zero-order chi connectivity index (χ0) is 18.8. The first-order valence-electron chi connectivity index (χ1n) is 8.47. The predicted octanol–water partition coefficient (Wildman–Crippen LogP) is 4.41. The lowest BCUT2D eigenvalue weighted by Crippen LogP contribution is -2.13. The SMILES string of the molecule is Cc1nn(C)c2ncc(NC(=O)c3occc3CSc3ccccc3)cc12. The Balaban J connectivity index is 1.50. The average Bonchev–Trinajstić information content (AvgIpc) is 3.26. The summed E-state index contributed by atoms with van der Waals surface area (Å²) in [6, 6.07) is 13.8. The Morgan fingerprint density at radius 1 is 1.26 bits per heavy atom. The van der Waals surface area contributed by atoms with E-state index in [9.17, 15) is 4.79 Å². The highest BCUT2D eigenvalue weighted by Crippen LogP contribution is 2.26. The van der Waals surface area contributed by atoms with Crippen molar-refractivity contribution in [2.75, 3.05) is 5.32 Å². The number of hydrogen-bond acceptors (Lipinski definition) is 5. The van der Waals surface area contributed by atoms with Crippen molar-refractivity contribution in [1.82, 2.24) is 14.8 Å². The number of carbonyl (C=O) groups excluding carboxylic acids is 1. The molecule has 0 aliphatic heterocycles. The second-order valence-electron chi connectivity index (χ2n) is 6.13. The Kier molecular flexibility index (Phi) is 4.68. The van der Waals surface area contributed by atoms with E-state index in [1.54, 1.807) is 28.9 Å². The van der Waals surface area contributed by atoms with Crippen LogP contribution in [0.25, 0.3) is 11.0 Å². The van der Waals surface area contributed by atoms with E-state index in [4.69, 9.17) is 4.42 Å². The van der Waals surface area contributed by atoms with E-state index in [1.807, 2.05) is 56.4 Å². The molecule has 4 rings (SSSR count). The number of aryl methyl sites for hydroxylation is 2. The predicted molar refractivity (Wildman–Crippen MR) is 106 cm³/mol. The van der Waals surface area contributed by atoms with Crippen LogP contribution in [0.2, 0.25) is 0 Å². The molecule has 3 heterocycles. The molecule has 0 saturated carbocycles. The van der Waals surface area contributed by atoms with Gasteiger partial charge in [0, 0.05) is 28.6 Å². The van der Waals surface area contributed by atoms with Crippen LogP contribution in [0.15, 0.2) is 64.2 Å². The van der Waals surface area contributed by atoms with Crippen LogP contribution in [-0.2, 0) is 12.8 Å². The number of nitrogens with one attached hydrogen (secondary N) is 1. The molecule has 136 valence electrons. The Morgan fingerprint density at radius 2 is 2.07 bits per heavy atom. The highest BCUT2D eigenvalue weighted by molar-refractivity contribution is 7.98. The number of fused-ring (bicyclic) bond motifs is 1. The van der Waals surface area contributed by atoms with Gasteiger partial charge in [0.15, 0.2) is 11.4 Å². The third-order valence-corrected chi connectivity index (χ3v) is 5.27. The lowest BCUT2D eigenvalue weighted by atomic mass is 10.2. The Morgan fingerprint density at radius 3 is 2.89 bits per heavy atom. The van der Waals surface area contributed by atoms with E-state index >= 15 is 0 Å². The topological polar surface area (TPSA) is 73.0 Å². The quantitative estimate of drug-likeness (QED) is 0.521. The summed E-state index contributed by atoms with van der Waals surface area (Å²) in [6.45, 7) is 1.92. The summed E-state index contributed by atoms with van der Waals surface area (Å²) in [5, 5.41) is 8.13. The smallest absolute Gasteiger partial charge is 0.291 e. The molecular weight excluding hydrogens is 360 g/mol. The number of aromatic nitrogens is 3. The van der Waals surface area contributed by atoms with Crippen LogP contribution in [0.4, 0.5) is 5.69 Å². The Bertz CT molecular complexity index is 1100. The van der Waals surface area contributed by atoms with E-state index in [1.165, 1.54) is 0 Å². The maximum absolute atomic E-state index is 12.7. The van der Waals surface area contributed by atoms with E-state index in [-0.39, 0.29) is 5.91 Å². The molecule has 0 radical (unpaired) electrons. The molecule has 0 unspecified atom stereocenters. The maximum Gasteiger partial charge on any atom is 0.291 e. The minimum absolute atomic E-state index is 0.286. The summed E-state index contributed by atoms with van der Waals surface area (Å²) in [4.78, 5) is 18.2. The number of benzene rings is 1. The van der Waals surface area contributed by atoms with Crippen molar-refractivity contribution < 1.29 is 9.21 Å². The van der Waals surface area contributed by atoms with Crippen molar-refractivity contribution in [2.45, 2.75) is 17.6 Å². The summed E-state index contributed by atoms with van der Waals surface area (Å²) in [7, 11) is 1.85. The molecular formula is C20H18N4O2S. The lowest BCUT2D eigenvalue weighted by molar-refractivity contribution is 0.0995. The van der Waals surface area contributed by atoms with Gasteiger partial charge in [0.1, 0.15) is 0 Å². The number of nitrogens with zero attached hydrogens (tertiary/aromatic N) is 3. The summed E-state index contributed by atoms with van der Waals surface area (Å²) >= 11 is 1.66. The van der Waals surface area contributed by atoms with Crippen LogP contribution in [0, 0.1) is 6.92 Å². The van der Waals surface area contributed by atoms with Crippen molar-refractivity contribution in [3.8, 4) is 0 Å². The van der Waals surface area contributed by atoms with Gasteiger partial charge in [-0.05, 0) is 31.2 Å². The normalized spacial score (nSPS) is 11.0. The van der Waals surface area contributed by atoms with Gasteiger partial charge < -0.3 is 9.73 Å². The van der Waals surface area contributed by atoms with E-state index in [2.05, 4.69) is 15.4 Å². The summed E-state index contributed by atoms with van der Waals surface area (Å²) in [5.41, 5.74) is 3.12. The van der Waals surface area contributed by atoms with Crippen molar-refractivity contribution in [3.63, 3.8) is 0 Å². The molecule has 0 atom stereocenters. The molecule has 0 saturated heterocycles. The molecule has 0 spiro atoms. The summed E-state index contributed by atoms with van der Waals surface area (Å²) < 4.78 is 7.16. The van der Waals surface area contributed by atoms with Gasteiger partial charge in [0.25, 0.3) is 5.91 Å². The van der Waals surface area contributed by atoms with Crippen molar-refractivity contribution in [2.24, 2.45) is 7.05 Å². The van der Waals surface area contributed by atoms with Gasteiger partial charge in [-0.2, -0.15) is 5.10 Å². The first-order valence-corrected chi connectivity index (χ1v) is 9.45. The van der Waals surface area contributed by atoms with Crippen molar-refractivity contribution in [3.05, 3.63) is 71.9 Å². The maximum atomic E-state index is 12.7. The number of amides is 1. The second-order valence-corrected chi connectivity index (χ2v) is 7.18. The fourth-order valence-corrected chi connectivity index (χ4v) is 3.79. The zero-order valence-electron chi connectivity index (χ0n) is 15.0. The van der Waals surface area contributed by atoms with Gasteiger partial charge in [0.05, 0.1) is 23.8 Å². The van der Waals surface area contributed by atoms with Gasteiger partial charge in [-0.15, -0.1) is 11.8 Å². The van der Waals surface area contributed by atoms with Gasteiger partial charge in [-0.3, -0.25) is 9.48 Å². The number of pyridine rings is 1. The third kappa shape index (κ3) is 3.59. The van der Waals surface area contributed by atoms with Gasteiger partial charge >= 0.3 is 0 Å². The molecule has 4 aromatic rings.